The van der Waals surface area contributed by atoms with Crippen LogP contribution in [0.5, 0.6) is 0 Å². The van der Waals surface area contributed by atoms with E-state index < -0.39 is 0 Å². The number of likely N-dealkylation sites (tertiary alicyclic amines) is 1. The Morgan fingerprint density at radius 2 is 1.94 bits per heavy atom. The molecule has 0 radical (unpaired) electrons. The highest BCUT2D eigenvalue weighted by Gasteiger charge is 2.37. The van der Waals surface area contributed by atoms with Crippen molar-refractivity contribution in [2.75, 3.05) is 13.2 Å². The van der Waals surface area contributed by atoms with Crippen LogP contribution in [0.4, 0.5) is 0 Å². The lowest BCUT2D eigenvalue weighted by atomic mass is 9.99. The van der Waals surface area contributed by atoms with Gasteiger partial charge < -0.3 is 10.8 Å². The van der Waals surface area contributed by atoms with Crippen LogP contribution >= 0.6 is 0 Å². The van der Waals surface area contributed by atoms with E-state index in [0.29, 0.717) is 30.7 Å². The van der Waals surface area contributed by atoms with Crippen molar-refractivity contribution in [3.8, 4) is 0 Å². The average Bonchev–Trinajstić information content (AvgIpc) is 2.50. The molecule has 0 aromatic carbocycles. The van der Waals surface area contributed by atoms with Crippen molar-refractivity contribution >= 4 is 0 Å². The van der Waals surface area contributed by atoms with Crippen LogP contribution in [0.15, 0.2) is 0 Å². The number of rotatable bonds is 2. The zero-order valence-corrected chi connectivity index (χ0v) is 10.4. The second-order valence-corrected chi connectivity index (χ2v) is 5.62. The van der Waals surface area contributed by atoms with E-state index in [2.05, 4.69) is 11.8 Å². The Morgan fingerprint density at radius 3 is 2.69 bits per heavy atom. The first kappa shape index (κ1) is 12.3. The Kier molecular flexibility index (Phi) is 4.22. The molecule has 3 nitrogen and oxygen atoms in total. The van der Waals surface area contributed by atoms with E-state index in [1.165, 1.54) is 32.1 Å². The minimum atomic E-state index is 0.296. The van der Waals surface area contributed by atoms with E-state index in [0.717, 1.165) is 13.0 Å². The molecule has 2 aliphatic rings. The fourth-order valence-electron chi connectivity index (χ4n) is 3.46. The number of aliphatic hydroxyl groups is 1. The molecule has 2 rings (SSSR count). The fourth-order valence-corrected chi connectivity index (χ4v) is 3.46. The molecule has 0 spiro atoms. The maximum atomic E-state index is 9.51. The van der Waals surface area contributed by atoms with E-state index in [4.69, 9.17) is 5.73 Å². The van der Waals surface area contributed by atoms with Gasteiger partial charge in [-0.05, 0) is 31.7 Å². The number of hydrogen-bond acceptors (Lipinski definition) is 3. The van der Waals surface area contributed by atoms with Gasteiger partial charge in [0.1, 0.15) is 0 Å². The molecule has 2 fully saturated rings. The first-order chi connectivity index (χ1) is 7.74. The molecule has 0 bridgehead atoms. The van der Waals surface area contributed by atoms with Gasteiger partial charge in [-0.1, -0.05) is 26.2 Å². The van der Waals surface area contributed by atoms with Crippen molar-refractivity contribution in [2.24, 2.45) is 11.7 Å². The SMILES string of the molecule is CC1CCN(C2CCCCCC2N)C1CO. The van der Waals surface area contributed by atoms with Crippen molar-refractivity contribution in [1.29, 1.82) is 0 Å². The smallest absolute Gasteiger partial charge is 0.0589 e. The summed E-state index contributed by atoms with van der Waals surface area (Å²) in [6, 6.07) is 1.19. The molecule has 1 heterocycles. The number of hydrogen-bond donors (Lipinski definition) is 2. The lowest BCUT2D eigenvalue weighted by Crippen LogP contribution is -2.51. The summed E-state index contributed by atoms with van der Waals surface area (Å²) in [5.74, 6) is 0.625. The second kappa shape index (κ2) is 5.48. The molecule has 3 heteroatoms. The molecule has 0 amide bonds. The number of aliphatic hydroxyl groups excluding tert-OH is 1. The maximum Gasteiger partial charge on any atom is 0.0589 e. The third kappa shape index (κ3) is 2.41. The van der Waals surface area contributed by atoms with Gasteiger partial charge in [0.2, 0.25) is 0 Å². The van der Waals surface area contributed by atoms with Gasteiger partial charge in [0.25, 0.3) is 0 Å². The van der Waals surface area contributed by atoms with Crippen LogP contribution < -0.4 is 5.73 Å². The van der Waals surface area contributed by atoms with Crippen LogP contribution in [0.25, 0.3) is 0 Å². The van der Waals surface area contributed by atoms with Gasteiger partial charge in [-0.25, -0.2) is 0 Å². The molecule has 94 valence electrons. The predicted octanol–water partition coefficient (Wildman–Crippen LogP) is 1.35. The monoisotopic (exact) mass is 226 g/mol. The highest BCUT2D eigenvalue weighted by Crippen LogP contribution is 2.30. The zero-order chi connectivity index (χ0) is 11.5. The van der Waals surface area contributed by atoms with Crippen LogP contribution in [0.1, 0.15) is 45.4 Å². The van der Waals surface area contributed by atoms with Crippen molar-refractivity contribution in [1.82, 2.24) is 4.90 Å². The van der Waals surface area contributed by atoms with E-state index >= 15 is 0 Å². The lowest BCUT2D eigenvalue weighted by molar-refractivity contribution is 0.0870. The molecule has 4 atom stereocenters. The molecule has 1 aliphatic carbocycles. The molecular weight excluding hydrogens is 200 g/mol. The third-order valence-corrected chi connectivity index (χ3v) is 4.57. The van der Waals surface area contributed by atoms with Crippen molar-refractivity contribution in [3.63, 3.8) is 0 Å². The van der Waals surface area contributed by atoms with Crippen LogP contribution in [0.2, 0.25) is 0 Å². The van der Waals surface area contributed by atoms with Gasteiger partial charge in [-0.15, -0.1) is 0 Å². The van der Waals surface area contributed by atoms with E-state index in [-0.39, 0.29) is 0 Å². The normalized spacial score (nSPS) is 42.2. The summed E-state index contributed by atoms with van der Waals surface area (Å²) >= 11 is 0. The van der Waals surface area contributed by atoms with Gasteiger partial charge in [0.15, 0.2) is 0 Å². The summed E-state index contributed by atoms with van der Waals surface area (Å²) in [4.78, 5) is 2.50. The fraction of sp³-hybridized carbons (Fsp3) is 1.00. The molecule has 1 aliphatic heterocycles. The minimum Gasteiger partial charge on any atom is -0.395 e. The standard InChI is InChI=1S/C13H26N2O/c1-10-7-8-15(13(10)9-16)12-6-4-2-3-5-11(12)14/h10-13,16H,2-9,14H2,1H3. The zero-order valence-electron chi connectivity index (χ0n) is 10.4. The van der Waals surface area contributed by atoms with E-state index in [9.17, 15) is 5.11 Å². The van der Waals surface area contributed by atoms with Crippen molar-refractivity contribution < 1.29 is 5.11 Å². The van der Waals surface area contributed by atoms with Crippen LogP contribution in [0.3, 0.4) is 0 Å². The Balaban J connectivity index is 2.04. The summed E-state index contributed by atoms with van der Waals surface area (Å²) in [5, 5.41) is 9.51. The quantitative estimate of drug-likeness (QED) is 0.699. The average molecular weight is 226 g/mol. The predicted molar refractivity (Wildman–Crippen MR) is 66.2 cm³/mol. The van der Waals surface area contributed by atoms with Crippen LogP contribution in [0, 0.1) is 5.92 Å². The summed E-state index contributed by atoms with van der Waals surface area (Å²) < 4.78 is 0. The third-order valence-electron chi connectivity index (χ3n) is 4.57. The van der Waals surface area contributed by atoms with E-state index in [1.54, 1.807) is 0 Å². The summed E-state index contributed by atoms with van der Waals surface area (Å²) in [5.41, 5.74) is 6.30. The lowest BCUT2D eigenvalue weighted by Gasteiger charge is -2.36. The maximum absolute atomic E-state index is 9.51. The van der Waals surface area contributed by atoms with Gasteiger partial charge in [-0.3, -0.25) is 4.90 Å². The molecule has 1 saturated carbocycles. The minimum absolute atomic E-state index is 0.296. The van der Waals surface area contributed by atoms with E-state index in [1.807, 2.05) is 0 Å². The Morgan fingerprint density at radius 1 is 1.19 bits per heavy atom. The topological polar surface area (TPSA) is 49.5 Å². The molecule has 0 aromatic heterocycles. The number of nitrogens with two attached hydrogens (primary N) is 1. The molecule has 3 N–H and O–H groups in total. The Labute approximate surface area is 99.0 Å². The molecule has 4 unspecified atom stereocenters. The Hall–Kier alpha value is -0.120. The van der Waals surface area contributed by atoms with Crippen molar-refractivity contribution in [2.45, 2.75) is 63.6 Å². The molecule has 16 heavy (non-hydrogen) atoms. The van der Waals surface area contributed by atoms with Crippen molar-refractivity contribution in [3.05, 3.63) is 0 Å². The molecule has 1 saturated heterocycles. The summed E-state index contributed by atoms with van der Waals surface area (Å²) in [6.45, 7) is 3.68. The van der Waals surface area contributed by atoms with Crippen LogP contribution in [-0.2, 0) is 0 Å². The van der Waals surface area contributed by atoms with Gasteiger partial charge in [-0.2, -0.15) is 0 Å². The summed E-state index contributed by atoms with van der Waals surface area (Å²) in [7, 11) is 0. The molecular formula is C13H26N2O. The largest absolute Gasteiger partial charge is 0.395 e. The first-order valence-corrected chi connectivity index (χ1v) is 6.86. The van der Waals surface area contributed by atoms with Gasteiger partial charge >= 0.3 is 0 Å². The number of nitrogens with zero attached hydrogens (tertiary/aromatic N) is 1. The second-order valence-electron chi connectivity index (χ2n) is 5.62. The first-order valence-electron chi connectivity index (χ1n) is 6.86. The highest BCUT2D eigenvalue weighted by molar-refractivity contribution is 4.93. The Bertz CT molecular complexity index is 222. The van der Waals surface area contributed by atoms with Gasteiger partial charge in [0.05, 0.1) is 6.61 Å². The highest BCUT2D eigenvalue weighted by atomic mass is 16.3. The van der Waals surface area contributed by atoms with Crippen LogP contribution in [-0.4, -0.2) is 41.3 Å². The summed E-state index contributed by atoms with van der Waals surface area (Å²) in [6.07, 6.45) is 7.52. The molecule has 0 aromatic rings. The van der Waals surface area contributed by atoms with Gasteiger partial charge in [0, 0.05) is 18.1 Å².